The highest BCUT2D eigenvalue weighted by Gasteiger charge is 2.52. The van der Waals surface area contributed by atoms with E-state index in [0.717, 1.165) is 6.92 Å². The Morgan fingerprint density at radius 1 is 1.48 bits per heavy atom. The third-order valence-electron chi connectivity index (χ3n) is 3.26. The second-order valence-corrected chi connectivity index (χ2v) is 4.97. The molecule has 1 fully saturated rings. The van der Waals surface area contributed by atoms with Crippen LogP contribution in [0.2, 0.25) is 0 Å². The summed E-state index contributed by atoms with van der Waals surface area (Å²) >= 11 is 0. The van der Waals surface area contributed by atoms with Crippen molar-refractivity contribution in [1.82, 2.24) is 5.32 Å². The lowest BCUT2D eigenvalue weighted by atomic mass is 9.88. The van der Waals surface area contributed by atoms with Crippen LogP contribution in [0.15, 0.2) is 0 Å². The highest BCUT2D eigenvalue weighted by Crippen LogP contribution is 2.30. The lowest BCUT2D eigenvalue weighted by molar-refractivity contribution is -0.285. The van der Waals surface area contributed by atoms with Crippen molar-refractivity contribution < 1.29 is 39.9 Å². The number of aliphatic hydroxyl groups excluding tert-OH is 4. The fourth-order valence-electron chi connectivity index (χ4n) is 2.16. The Kier molecular flexibility index (Phi) is 5.61. The van der Waals surface area contributed by atoms with Gasteiger partial charge >= 0.3 is 0 Å². The zero-order chi connectivity index (χ0) is 16.4. The molecule has 10 nitrogen and oxygen atoms in total. The van der Waals surface area contributed by atoms with E-state index in [-0.39, 0.29) is 0 Å². The SMILES string of the molecule is CC(=O)N[C@H]1[C@H]([C@H](O)[C@H](O)CO)OC(O)(C(N)=O)C[C@@H]1O. The summed E-state index contributed by atoms with van der Waals surface area (Å²) in [4.78, 5) is 22.3. The summed E-state index contributed by atoms with van der Waals surface area (Å²) in [5.41, 5.74) is 4.98. The Balaban J connectivity index is 3.07. The summed E-state index contributed by atoms with van der Waals surface area (Å²) in [6.07, 6.45) is -7.10. The number of hydrogen-bond acceptors (Lipinski definition) is 8. The van der Waals surface area contributed by atoms with Gasteiger partial charge in [-0.05, 0) is 0 Å². The largest absolute Gasteiger partial charge is 0.394 e. The van der Waals surface area contributed by atoms with Crippen LogP contribution in [0.1, 0.15) is 13.3 Å². The molecule has 0 saturated carbocycles. The molecular formula is C11H20N2O8. The standard InChI is InChI=1S/C11H20N2O8/c1-4(15)13-7-5(16)2-11(20,10(12)19)21-9(7)8(18)6(17)3-14/h5-9,14,16-18,20H,2-3H2,1H3,(H2,12,19)(H,13,15)/t5-,6+,7+,8+,9+,11?/m0/s1. The molecule has 8 N–H and O–H groups in total. The monoisotopic (exact) mass is 308 g/mol. The summed E-state index contributed by atoms with van der Waals surface area (Å²) in [5.74, 6) is -4.42. The molecule has 1 saturated heterocycles. The maximum atomic E-state index is 11.2. The molecule has 1 aliphatic heterocycles. The number of primary amides is 1. The van der Waals surface area contributed by atoms with Crippen molar-refractivity contribution in [3.8, 4) is 0 Å². The molecule has 122 valence electrons. The topological polar surface area (TPSA) is 183 Å². The molecule has 10 heteroatoms. The molecule has 0 aliphatic carbocycles. The van der Waals surface area contributed by atoms with Gasteiger partial charge in [0.15, 0.2) is 0 Å². The van der Waals surface area contributed by atoms with Crippen molar-refractivity contribution in [3.05, 3.63) is 0 Å². The minimum atomic E-state index is -2.56. The van der Waals surface area contributed by atoms with Gasteiger partial charge in [-0.25, -0.2) is 0 Å². The molecule has 0 aromatic heterocycles. The van der Waals surface area contributed by atoms with Crippen LogP contribution in [0.4, 0.5) is 0 Å². The predicted octanol–water partition coefficient (Wildman–Crippen LogP) is -4.47. The third kappa shape index (κ3) is 3.87. The summed E-state index contributed by atoms with van der Waals surface area (Å²) in [6, 6.07) is -1.21. The van der Waals surface area contributed by atoms with Crippen LogP contribution in [0.25, 0.3) is 0 Å². The first-order chi connectivity index (χ1) is 9.62. The van der Waals surface area contributed by atoms with Gasteiger partial charge in [-0.1, -0.05) is 0 Å². The van der Waals surface area contributed by atoms with Crippen molar-refractivity contribution >= 4 is 11.8 Å². The van der Waals surface area contributed by atoms with Gasteiger partial charge in [0.25, 0.3) is 5.91 Å². The number of hydrogen-bond donors (Lipinski definition) is 7. The number of nitrogens with two attached hydrogens (primary N) is 1. The number of carbonyl (C=O) groups excluding carboxylic acids is 2. The fourth-order valence-corrected chi connectivity index (χ4v) is 2.16. The molecule has 1 aliphatic rings. The third-order valence-corrected chi connectivity index (χ3v) is 3.26. The van der Waals surface area contributed by atoms with E-state index in [0.29, 0.717) is 0 Å². The summed E-state index contributed by atoms with van der Waals surface area (Å²) in [7, 11) is 0. The van der Waals surface area contributed by atoms with Gasteiger partial charge in [-0.15, -0.1) is 0 Å². The first kappa shape index (κ1) is 17.8. The number of carbonyl (C=O) groups is 2. The van der Waals surface area contributed by atoms with E-state index in [1.165, 1.54) is 0 Å². The van der Waals surface area contributed by atoms with E-state index >= 15 is 0 Å². The van der Waals surface area contributed by atoms with Crippen molar-refractivity contribution in [2.45, 2.75) is 49.6 Å². The smallest absolute Gasteiger partial charge is 0.277 e. The molecule has 0 radical (unpaired) electrons. The lowest BCUT2D eigenvalue weighted by Crippen LogP contribution is -2.68. The molecule has 21 heavy (non-hydrogen) atoms. The van der Waals surface area contributed by atoms with Crippen molar-refractivity contribution in [1.29, 1.82) is 0 Å². The van der Waals surface area contributed by atoms with Gasteiger partial charge in [-0.2, -0.15) is 0 Å². The normalized spacial score (nSPS) is 35.8. The van der Waals surface area contributed by atoms with E-state index < -0.39 is 61.1 Å². The van der Waals surface area contributed by atoms with E-state index in [1.54, 1.807) is 0 Å². The second kappa shape index (κ2) is 6.64. The highest BCUT2D eigenvalue weighted by molar-refractivity contribution is 5.82. The van der Waals surface area contributed by atoms with Crippen molar-refractivity contribution in [3.63, 3.8) is 0 Å². The number of nitrogens with one attached hydrogen (secondary N) is 1. The van der Waals surface area contributed by atoms with Gasteiger partial charge in [0.2, 0.25) is 11.7 Å². The molecule has 2 amide bonds. The average Bonchev–Trinajstić information content (AvgIpc) is 2.39. The maximum Gasteiger partial charge on any atom is 0.277 e. The number of ether oxygens (including phenoxy) is 1. The van der Waals surface area contributed by atoms with Crippen LogP contribution in [0, 0.1) is 0 Å². The average molecular weight is 308 g/mol. The quantitative estimate of drug-likeness (QED) is 0.265. The molecule has 0 bridgehead atoms. The number of amides is 2. The van der Waals surface area contributed by atoms with Gasteiger partial charge in [0.1, 0.15) is 18.3 Å². The Morgan fingerprint density at radius 2 is 2.05 bits per heavy atom. The maximum absolute atomic E-state index is 11.2. The van der Waals surface area contributed by atoms with E-state index in [2.05, 4.69) is 5.32 Å². The van der Waals surface area contributed by atoms with Crippen molar-refractivity contribution in [2.75, 3.05) is 6.61 Å². The summed E-state index contributed by atoms with van der Waals surface area (Å²) in [5, 5.41) is 50.4. The van der Waals surface area contributed by atoms with Crippen LogP contribution in [0.3, 0.4) is 0 Å². The van der Waals surface area contributed by atoms with Crippen LogP contribution >= 0.6 is 0 Å². The number of rotatable bonds is 5. The van der Waals surface area contributed by atoms with E-state index in [1.807, 2.05) is 0 Å². The van der Waals surface area contributed by atoms with Crippen LogP contribution < -0.4 is 11.1 Å². The Labute approximate surface area is 120 Å². The minimum Gasteiger partial charge on any atom is -0.394 e. The molecular weight excluding hydrogens is 288 g/mol. The predicted molar refractivity (Wildman–Crippen MR) is 66.3 cm³/mol. The molecule has 0 aromatic rings. The summed E-state index contributed by atoms with van der Waals surface area (Å²) < 4.78 is 4.99. The first-order valence-electron chi connectivity index (χ1n) is 6.24. The van der Waals surface area contributed by atoms with Gasteiger partial charge in [0.05, 0.1) is 18.8 Å². The summed E-state index contributed by atoms with van der Waals surface area (Å²) in [6.45, 7) is 0.312. The first-order valence-corrected chi connectivity index (χ1v) is 6.24. The molecule has 1 heterocycles. The molecule has 0 aromatic carbocycles. The zero-order valence-electron chi connectivity index (χ0n) is 11.3. The van der Waals surface area contributed by atoms with Crippen LogP contribution in [-0.2, 0) is 14.3 Å². The Hall–Kier alpha value is -1.30. The van der Waals surface area contributed by atoms with Crippen LogP contribution in [0.5, 0.6) is 0 Å². The number of aliphatic hydroxyl groups is 5. The molecule has 6 atom stereocenters. The Bertz CT molecular complexity index is 406. The lowest BCUT2D eigenvalue weighted by Gasteiger charge is -2.45. The van der Waals surface area contributed by atoms with Gasteiger partial charge in [0, 0.05) is 13.3 Å². The van der Waals surface area contributed by atoms with Crippen LogP contribution in [-0.4, -0.2) is 80.2 Å². The molecule has 0 spiro atoms. The van der Waals surface area contributed by atoms with E-state index in [9.17, 15) is 30.0 Å². The fraction of sp³-hybridized carbons (Fsp3) is 0.818. The van der Waals surface area contributed by atoms with E-state index in [4.69, 9.17) is 15.6 Å². The van der Waals surface area contributed by atoms with Crippen molar-refractivity contribution in [2.24, 2.45) is 5.73 Å². The second-order valence-electron chi connectivity index (χ2n) is 4.97. The minimum absolute atomic E-state index is 0.567. The highest BCUT2D eigenvalue weighted by atomic mass is 16.6. The Morgan fingerprint density at radius 3 is 2.48 bits per heavy atom. The zero-order valence-corrected chi connectivity index (χ0v) is 11.3. The molecule has 1 unspecified atom stereocenters. The van der Waals surface area contributed by atoms with Gasteiger partial charge < -0.3 is 41.3 Å². The van der Waals surface area contributed by atoms with Gasteiger partial charge in [-0.3, -0.25) is 9.59 Å². The molecule has 1 rings (SSSR count).